The van der Waals surface area contributed by atoms with E-state index in [4.69, 9.17) is 10.5 Å². The van der Waals surface area contributed by atoms with Crippen molar-refractivity contribution in [2.75, 3.05) is 19.8 Å². The van der Waals surface area contributed by atoms with E-state index in [0.717, 1.165) is 12.0 Å². The molecular formula is C14H19F2NO. The molecule has 2 rings (SSSR count). The van der Waals surface area contributed by atoms with Gasteiger partial charge in [-0.3, -0.25) is 0 Å². The maximum Gasteiger partial charge on any atom is 0.159 e. The van der Waals surface area contributed by atoms with Crippen molar-refractivity contribution in [1.29, 1.82) is 0 Å². The van der Waals surface area contributed by atoms with Crippen LogP contribution in [0.5, 0.6) is 0 Å². The maximum absolute atomic E-state index is 13.3. The predicted octanol–water partition coefficient (Wildman–Crippen LogP) is 2.61. The van der Waals surface area contributed by atoms with Gasteiger partial charge in [-0.1, -0.05) is 19.9 Å². The van der Waals surface area contributed by atoms with Crippen molar-refractivity contribution in [1.82, 2.24) is 0 Å². The van der Waals surface area contributed by atoms with Gasteiger partial charge in [0.15, 0.2) is 11.6 Å². The Hall–Kier alpha value is -1.00. The number of benzene rings is 1. The van der Waals surface area contributed by atoms with Gasteiger partial charge >= 0.3 is 0 Å². The van der Waals surface area contributed by atoms with Crippen LogP contribution in [0.1, 0.15) is 25.8 Å². The Balaban J connectivity index is 2.29. The summed E-state index contributed by atoms with van der Waals surface area (Å²) in [5.74, 6) is -1.61. The average Bonchev–Trinajstić information content (AvgIpc) is 2.28. The molecular weight excluding hydrogens is 236 g/mol. The first-order chi connectivity index (χ1) is 8.38. The molecule has 0 aromatic heterocycles. The summed E-state index contributed by atoms with van der Waals surface area (Å²) in [7, 11) is 0. The molecule has 0 amide bonds. The molecule has 0 atom stereocenters. The SMILES string of the molecule is CC(C)(CN)CC1(c2ccc(F)c(F)c2)COC1. The summed E-state index contributed by atoms with van der Waals surface area (Å²) in [5, 5.41) is 0. The van der Waals surface area contributed by atoms with Crippen molar-refractivity contribution in [3.05, 3.63) is 35.4 Å². The molecule has 1 aliphatic heterocycles. The largest absolute Gasteiger partial charge is 0.379 e. The Morgan fingerprint density at radius 3 is 2.39 bits per heavy atom. The van der Waals surface area contributed by atoms with Crippen LogP contribution in [0, 0.1) is 17.0 Å². The van der Waals surface area contributed by atoms with Crippen molar-refractivity contribution < 1.29 is 13.5 Å². The smallest absolute Gasteiger partial charge is 0.159 e. The van der Waals surface area contributed by atoms with Crippen LogP contribution in [0.3, 0.4) is 0 Å². The molecule has 0 radical (unpaired) electrons. The zero-order chi connectivity index (χ0) is 13.4. The van der Waals surface area contributed by atoms with Crippen LogP contribution in [-0.4, -0.2) is 19.8 Å². The molecule has 1 aromatic carbocycles. The molecule has 100 valence electrons. The van der Waals surface area contributed by atoms with E-state index >= 15 is 0 Å². The van der Waals surface area contributed by atoms with Crippen molar-refractivity contribution in [3.8, 4) is 0 Å². The van der Waals surface area contributed by atoms with Crippen LogP contribution >= 0.6 is 0 Å². The average molecular weight is 255 g/mol. The van der Waals surface area contributed by atoms with Crippen LogP contribution < -0.4 is 5.73 Å². The first-order valence-electron chi connectivity index (χ1n) is 6.12. The molecule has 0 aliphatic carbocycles. The second kappa shape index (κ2) is 4.59. The van der Waals surface area contributed by atoms with E-state index in [2.05, 4.69) is 13.8 Å². The number of hydrogen-bond acceptors (Lipinski definition) is 2. The van der Waals surface area contributed by atoms with Gasteiger partial charge in [-0.15, -0.1) is 0 Å². The highest BCUT2D eigenvalue weighted by atomic mass is 19.2. The van der Waals surface area contributed by atoms with Crippen LogP contribution in [0.15, 0.2) is 18.2 Å². The lowest BCUT2D eigenvalue weighted by Gasteiger charge is -2.46. The van der Waals surface area contributed by atoms with E-state index < -0.39 is 11.6 Å². The third kappa shape index (κ3) is 2.40. The quantitative estimate of drug-likeness (QED) is 0.897. The topological polar surface area (TPSA) is 35.2 Å². The fourth-order valence-corrected chi connectivity index (χ4v) is 2.53. The Labute approximate surface area is 106 Å². The monoisotopic (exact) mass is 255 g/mol. The summed E-state index contributed by atoms with van der Waals surface area (Å²) in [4.78, 5) is 0. The summed E-state index contributed by atoms with van der Waals surface area (Å²) < 4.78 is 31.6. The number of nitrogens with two attached hydrogens (primary N) is 1. The van der Waals surface area contributed by atoms with Gasteiger partial charge in [-0.05, 0) is 36.1 Å². The molecule has 0 bridgehead atoms. The molecule has 2 N–H and O–H groups in total. The summed E-state index contributed by atoms with van der Waals surface area (Å²) in [6.07, 6.45) is 0.807. The molecule has 1 heterocycles. The van der Waals surface area contributed by atoms with E-state index in [9.17, 15) is 8.78 Å². The Morgan fingerprint density at radius 2 is 1.94 bits per heavy atom. The van der Waals surface area contributed by atoms with Crippen molar-refractivity contribution in [2.24, 2.45) is 11.1 Å². The van der Waals surface area contributed by atoms with Gasteiger partial charge in [-0.2, -0.15) is 0 Å². The van der Waals surface area contributed by atoms with Gasteiger partial charge in [0.05, 0.1) is 13.2 Å². The molecule has 0 saturated carbocycles. The minimum atomic E-state index is -0.813. The van der Waals surface area contributed by atoms with Gasteiger partial charge in [0, 0.05) is 5.41 Å². The fraction of sp³-hybridized carbons (Fsp3) is 0.571. The second-order valence-corrected chi connectivity index (χ2v) is 5.95. The summed E-state index contributed by atoms with van der Waals surface area (Å²) >= 11 is 0. The summed E-state index contributed by atoms with van der Waals surface area (Å²) in [6.45, 7) is 5.79. The highest BCUT2D eigenvalue weighted by Gasteiger charge is 2.44. The maximum atomic E-state index is 13.3. The van der Waals surface area contributed by atoms with Crippen molar-refractivity contribution in [2.45, 2.75) is 25.7 Å². The van der Waals surface area contributed by atoms with Crippen molar-refractivity contribution in [3.63, 3.8) is 0 Å². The zero-order valence-electron chi connectivity index (χ0n) is 10.8. The molecule has 4 heteroatoms. The molecule has 1 fully saturated rings. The zero-order valence-corrected chi connectivity index (χ0v) is 10.8. The van der Waals surface area contributed by atoms with E-state index in [-0.39, 0.29) is 10.8 Å². The number of halogens is 2. The Bertz CT molecular complexity index is 441. The van der Waals surface area contributed by atoms with Gasteiger partial charge in [0.2, 0.25) is 0 Å². The molecule has 0 spiro atoms. The predicted molar refractivity (Wildman–Crippen MR) is 66.3 cm³/mol. The summed E-state index contributed by atoms with van der Waals surface area (Å²) in [6, 6.07) is 4.11. The Morgan fingerprint density at radius 1 is 1.28 bits per heavy atom. The van der Waals surface area contributed by atoms with Gasteiger partial charge in [0.1, 0.15) is 0 Å². The normalized spacial score (nSPS) is 18.5. The second-order valence-electron chi connectivity index (χ2n) is 5.95. The molecule has 18 heavy (non-hydrogen) atoms. The van der Waals surface area contributed by atoms with Crippen LogP contribution in [0.25, 0.3) is 0 Å². The van der Waals surface area contributed by atoms with Gasteiger partial charge in [-0.25, -0.2) is 8.78 Å². The Kier molecular flexibility index (Phi) is 3.43. The number of ether oxygens (including phenoxy) is 1. The molecule has 2 nitrogen and oxygen atoms in total. The van der Waals surface area contributed by atoms with Gasteiger partial charge < -0.3 is 10.5 Å². The third-order valence-electron chi connectivity index (χ3n) is 3.66. The third-order valence-corrected chi connectivity index (χ3v) is 3.66. The number of hydrogen-bond donors (Lipinski definition) is 1. The highest BCUT2D eigenvalue weighted by Crippen LogP contribution is 2.42. The standard InChI is InChI=1S/C14H19F2NO/c1-13(2,7-17)6-14(8-18-9-14)10-3-4-11(15)12(16)5-10/h3-5H,6-9,17H2,1-2H3. The lowest BCUT2D eigenvalue weighted by molar-refractivity contribution is -0.0787. The first kappa shape index (κ1) is 13.4. The van der Waals surface area contributed by atoms with Crippen LogP contribution in [-0.2, 0) is 10.2 Å². The van der Waals surface area contributed by atoms with Gasteiger partial charge in [0.25, 0.3) is 0 Å². The minimum absolute atomic E-state index is 0.0470. The molecule has 1 saturated heterocycles. The summed E-state index contributed by atoms with van der Waals surface area (Å²) in [5.41, 5.74) is 6.28. The van der Waals surface area contributed by atoms with Crippen LogP contribution in [0.2, 0.25) is 0 Å². The van der Waals surface area contributed by atoms with E-state index in [1.807, 2.05) is 0 Å². The molecule has 1 aliphatic rings. The van der Waals surface area contributed by atoms with E-state index in [1.54, 1.807) is 6.07 Å². The van der Waals surface area contributed by atoms with E-state index in [0.29, 0.717) is 19.8 Å². The fourth-order valence-electron chi connectivity index (χ4n) is 2.53. The molecule has 0 unspecified atom stereocenters. The lowest BCUT2D eigenvalue weighted by atomic mass is 9.67. The van der Waals surface area contributed by atoms with Crippen molar-refractivity contribution >= 4 is 0 Å². The minimum Gasteiger partial charge on any atom is -0.379 e. The highest BCUT2D eigenvalue weighted by molar-refractivity contribution is 5.29. The van der Waals surface area contributed by atoms with Crippen LogP contribution in [0.4, 0.5) is 8.78 Å². The number of rotatable bonds is 4. The van der Waals surface area contributed by atoms with E-state index in [1.165, 1.54) is 12.1 Å². The molecule has 1 aromatic rings. The lowest BCUT2D eigenvalue weighted by Crippen LogP contribution is -2.50. The first-order valence-corrected chi connectivity index (χ1v) is 6.12.